The summed E-state index contributed by atoms with van der Waals surface area (Å²) in [4.78, 5) is 0. The summed E-state index contributed by atoms with van der Waals surface area (Å²) in [5.41, 5.74) is 0. The van der Waals surface area contributed by atoms with E-state index in [2.05, 4.69) is 0 Å². The highest BCUT2D eigenvalue weighted by atomic mass is 31.2. The van der Waals surface area contributed by atoms with Gasteiger partial charge in [-0.25, -0.2) is 13.9 Å². The Bertz CT molecular complexity index is 309. The van der Waals surface area contributed by atoms with E-state index in [-0.39, 0.29) is 5.95 Å². The Kier molecular flexibility index (Phi) is 3.37. The van der Waals surface area contributed by atoms with E-state index in [0.717, 1.165) is 0 Å². The molecule has 1 aromatic rings. The molecule has 1 rings (SSSR count). The maximum absolute atomic E-state index is 12.2. The van der Waals surface area contributed by atoms with E-state index in [1.807, 2.05) is 0 Å². The first kappa shape index (κ1) is 11.3. The van der Waals surface area contributed by atoms with Gasteiger partial charge >= 0.3 is 7.67 Å². The van der Waals surface area contributed by atoms with Crippen LogP contribution in [0.1, 0.15) is 0 Å². The summed E-state index contributed by atoms with van der Waals surface area (Å²) in [6.07, 6.45) is 1.48. The van der Waals surface area contributed by atoms with Crippen LogP contribution in [0.25, 0.3) is 0 Å². The summed E-state index contributed by atoms with van der Waals surface area (Å²) in [6.45, 7) is 0. The van der Waals surface area contributed by atoms with Crippen LogP contribution in [0, 0.1) is 0 Å². The molecule has 0 saturated carbocycles. The minimum atomic E-state index is -2.98. The third-order valence-corrected chi connectivity index (χ3v) is 4.15. The zero-order valence-corrected chi connectivity index (χ0v) is 9.69. The molecule has 0 amide bonds. The Morgan fingerprint density at radius 2 is 1.86 bits per heavy atom. The minimum absolute atomic E-state index is 0.260. The van der Waals surface area contributed by atoms with Gasteiger partial charge in [-0.1, -0.05) is 0 Å². The second-order valence-corrected chi connectivity index (χ2v) is 5.97. The molecule has 0 spiro atoms. The quantitative estimate of drug-likeness (QED) is 0.722. The molecule has 0 radical (unpaired) electrons. The molecule has 0 saturated heterocycles. The van der Waals surface area contributed by atoms with E-state index in [1.54, 1.807) is 40.3 Å². The Hall–Kier alpha value is -0.770. The zero-order valence-electron chi connectivity index (χ0n) is 8.80. The van der Waals surface area contributed by atoms with Gasteiger partial charge in [-0.15, -0.1) is 0 Å². The average Bonchev–Trinajstić information content (AvgIpc) is 2.55. The van der Waals surface area contributed by atoms with Gasteiger partial charge < -0.3 is 8.94 Å². The summed E-state index contributed by atoms with van der Waals surface area (Å²) >= 11 is 0. The highest BCUT2D eigenvalue weighted by molar-refractivity contribution is 7.54. The normalized spacial score (nSPS) is 12.4. The minimum Gasteiger partial charge on any atom is -0.434 e. The topological polar surface area (TPSA) is 45.9 Å². The molecule has 0 unspecified atom stereocenters. The van der Waals surface area contributed by atoms with Gasteiger partial charge in [0.1, 0.15) is 0 Å². The SMILES string of the molecule is CN(C)P(=O)(Oc1ccco1)N(C)C. The van der Waals surface area contributed by atoms with Gasteiger partial charge in [-0.2, -0.15) is 0 Å². The molecule has 0 aliphatic heterocycles. The number of nitrogens with zero attached hydrogens (tertiary/aromatic N) is 2. The van der Waals surface area contributed by atoms with E-state index in [0.29, 0.717) is 0 Å². The summed E-state index contributed by atoms with van der Waals surface area (Å²) in [7, 11) is 3.81. The van der Waals surface area contributed by atoms with Crippen LogP contribution >= 0.6 is 7.67 Å². The molecule has 1 aromatic heterocycles. The predicted octanol–water partition coefficient (Wildman–Crippen LogP) is 1.89. The van der Waals surface area contributed by atoms with Crippen LogP contribution < -0.4 is 4.52 Å². The van der Waals surface area contributed by atoms with E-state index in [4.69, 9.17) is 8.94 Å². The smallest absolute Gasteiger partial charge is 0.396 e. The number of rotatable bonds is 4. The lowest BCUT2D eigenvalue weighted by Crippen LogP contribution is -2.24. The molecule has 5 nitrogen and oxygen atoms in total. The van der Waals surface area contributed by atoms with Crippen molar-refractivity contribution >= 4 is 7.67 Å². The van der Waals surface area contributed by atoms with E-state index in [1.165, 1.54) is 15.6 Å². The highest BCUT2D eigenvalue weighted by Crippen LogP contribution is 2.50. The number of furan rings is 1. The molecule has 80 valence electrons. The van der Waals surface area contributed by atoms with Crippen molar-refractivity contribution in [2.24, 2.45) is 0 Å². The van der Waals surface area contributed by atoms with Gasteiger partial charge in [-0.3, -0.25) is 0 Å². The third-order valence-electron chi connectivity index (χ3n) is 1.71. The lowest BCUT2D eigenvalue weighted by Gasteiger charge is -2.28. The Morgan fingerprint density at radius 1 is 1.29 bits per heavy atom. The fraction of sp³-hybridized carbons (Fsp3) is 0.500. The molecule has 0 aliphatic rings. The van der Waals surface area contributed by atoms with Crippen molar-refractivity contribution < 1.29 is 13.5 Å². The van der Waals surface area contributed by atoms with Gasteiger partial charge in [0.25, 0.3) is 5.95 Å². The Morgan fingerprint density at radius 3 is 2.21 bits per heavy atom. The van der Waals surface area contributed by atoms with Crippen LogP contribution in [-0.2, 0) is 4.57 Å². The first-order valence-corrected chi connectivity index (χ1v) is 5.68. The lowest BCUT2D eigenvalue weighted by molar-refractivity contribution is 0.309. The average molecular weight is 218 g/mol. The van der Waals surface area contributed by atoms with Crippen LogP contribution in [0.5, 0.6) is 5.95 Å². The second-order valence-electron chi connectivity index (χ2n) is 3.21. The molecule has 6 heteroatoms. The third kappa shape index (κ3) is 2.18. The van der Waals surface area contributed by atoms with Crippen molar-refractivity contribution in [1.82, 2.24) is 9.34 Å². The van der Waals surface area contributed by atoms with Crippen LogP contribution in [-0.4, -0.2) is 37.5 Å². The van der Waals surface area contributed by atoms with Gasteiger partial charge in [-0.05, 0) is 34.3 Å². The maximum atomic E-state index is 12.2. The zero-order chi connectivity index (χ0) is 10.8. The standard InChI is InChI=1S/C8H15N2O3P/c1-9(2)14(11,10(3)4)13-8-6-5-7-12-8/h5-7H,1-4H3. The van der Waals surface area contributed by atoms with Gasteiger partial charge in [0.15, 0.2) is 0 Å². The lowest BCUT2D eigenvalue weighted by atomic mass is 10.7. The predicted molar refractivity (Wildman–Crippen MR) is 54.3 cm³/mol. The molecule has 1 heterocycles. The highest BCUT2D eigenvalue weighted by Gasteiger charge is 2.31. The second kappa shape index (κ2) is 4.17. The van der Waals surface area contributed by atoms with Crippen molar-refractivity contribution in [3.8, 4) is 5.95 Å². The Labute approximate surface area is 83.8 Å². The summed E-state index contributed by atoms with van der Waals surface area (Å²) in [5.74, 6) is 0.260. The fourth-order valence-electron chi connectivity index (χ4n) is 0.954. The van der Waals surface area contributed by atoms with Gasteiger partial charge in [0.05, 0.1) is 6.26 Å². The molecule has 0 N–H and O–H groups in total. The molecule has 0 aliphatic carbocycles. The molecule has 0 fully saturated rings. The summed E-state index contributed by atoms with van der Waals surface area (Å²) in [5, 5.41) is 0. The molecular weight excluding hydrogens is 203 g/mol. The van der Waals surface area contributed by atoms with Crippen LogP contribution in [0.3, 0.4) is 0 Å². The number of hydrogen-bond donors (Lipinski definition) is 0. The van der Waals surface area contributed by atoms with Crippen LogP contribution in [0.4, 0.5) is 0 Å². The van der Waals surface area contributed by atoms with Crippen LogP contribution in [0.2, 0.25) is 0 Å². The van der Waals surface area contributed by atoms with Gasteiger partial charge in [0, 0.05) is 6.07 Å². The molecular formula is C8H15N2O3P. The molecule has 0 bridgehead atoms. The largest absolute Gasteiger partial charge is 0.434 e. The van der Waals surface area contributed by atoms with Crippen molar-refractivity contribution in [1.29, 1.82) is 0 Å². The first-order valence-electron chi connectivity index (χ1n) is 4.15. The van der Waals surface area contributed by atoms with Crippen LogP contribution in [0.15, 0.2) is 22.8 Å². The maximum Gasteiger partial charge on any atom is 0.396 e. The van der Waals surface area contributed by atoms with Crippen molar-refractivity contribution in [3.05, 3.63) is 18.4 Å². The first-order chi connectivity index (χ1) is 6.47. The fourth-order valence-corrected chi connectivity index (χ4v) is 2.33. The summed E-state index contributed by atoms with van der Waals surface area (Å²) in [6, 6.07) is 3.31. The van der Waals surface area contributed by atoms with E-state index < -0.39 is 7.67 Å². The van der Waals surface area contributed by atoms with Crippen molar-refractivity contribution in [2.45, 2.75) is 0 Å². The Balaban J connectivity index is 2.86. The van der Waals surface area contributed by atoms with E-state index in [9.17, 15) is 4.57 Å². The summed E-state index contributed by atoms with van der Waals surface area (Å²) < 4.78 is 25.6. The molecule has 0 atom stereocenters. The monoisotopic (exact) mass is 218 g/mol. The molecule has 0 aromatic carbocycles. The van der Waals surface area contributed by atoms with E-state index >= 15 is 0 Å². The number of hydrogen-bond acceptors (Lipinski definition) is 3. The van der Waals surface area contributed by atoms with Crippen molar-refractivity contribution in [3.63, 3.8) is 0 Å². The van der Waals surface area contributed by atoms with Crippen molar-refractivity contribution in [2.75, 3.05) is 28.2 Å². The van der Waals surface area contributed by atoms with Gasteiger partial charge in [0.2, 0.25) is 0 Å². The molecule has 14 heavy (non-hydrogen) atoms.